The van der Waals surface area contributed by atoms with Gasteiger partial charge in [0.25, 0.3) is 0 Å². The highest BCUT2D eigenvalue weighted by molar-refractivity contribution is 5.78. The highest BCUT2D eigenvalue weighted by atomic mass is 16.5. The van der Waals surface area contributed by atoms with E-state index in [0.29, 0.717) is 30.9 Å². The quantitative estimate of drug-likeness (QED) is 0.537. The first-order chi connectivity index (χ1) is 16.4. The Kier molecular flexibility index (Phi) is 8.37. The van der Waals surface area contributed by atoms with Crippen LogP contribution < -0.4 is 5.32 Å². The van der Waals surface area contributed by atoms with E-state index in [2.05, 4.69) is 65.4 Å². The van der Waals surface area contributed by atoms with Crippen LogP contribution in [0, 0.1) is 5.92 Å². The largest absolute Gasteiger partial charge is 0.378 e. The lowest BCUT2D eigenvalue weighted by Crippen LogP contribution is -2.40. The molecule has 1 amide bonds. The molecule has 2 aromatic rings. The molecule has 2 fully saturated rings. The maximum Gasteiger partial charge on any atom is 0.241 e. The van der Waals surface area contributed by atoms with E-state index in [9.17, 15) is 4.79 Å². The third-order valence-electron chi connectivity index (χ3n) is 7.07. The van der Waals surface area contributed by atoms with Gasteiger partial charge in [0.2, 0.25) is 17.6 Å². The molecule has 1 N–H and O–H groups in total. The molecule has 0 bridgehead atoms. The van der Waals surface area contributed by atoms with Crippen LogP contribution in [-0.2, 0) is 21.5 Å². The molecule has 1 aromatic carbocycles. The highest BCUT2D eigenvalue weighted by Crippen LogP contribution is 2.26. The molecule has 7 heteroatoms. The van der Waals surface area contributed by atoms with Gasteiger partial charge in [-0.3, -0.25) is 9.69 Å². The fourth-order valence-corrected chi connectivity index (χ4v) is 4.83. The summed E-state index contributed by atoms with van der Waals surface area (Å²) in [7, 11) is 0. The van der Waals surface area contributed by atoms with Gasteiger partial charge in [-0.05, 0) is 56.2 Å². The van der Waals surface area contributed by atoms with Gasteiger partial charge in [0, 0.05) is 24.6 Å². The molecule has 1 aromatic heterocycles. The summed E-state index contributed by atoms with van der Waals surface area (Å²) in [6.07, 6.45) is 8.03. The Balaban J connectivity index is 1.16. The minimum Gasteiger partial charge on any atom is -0.378 e. The van der Waals surface area contributed by atoms with Gasteiger partial charge in [0.05, 0.1) is 12.6 Å². The van der Waals surface area contributed by atoms with E-state index in [1.807, 2.05) is 0 Å². The first-order valence-corrected chi connectivity index (χ1v) is 12.9. The summed E-state index contributed by atoms with van der Waals surface area (Å²) in [4.78, 5) is 19.4. The number of benzene rings is 1. The number of hydrogen-bond acceptors (Lipinski definition) is 6. The molecule has 2 heterocycles. The van der Waals surface area contributed by atoms with E-state index >= 15 is 0 Å². The average Bonchev–Trinajstić information content (AvgIpc) is 3.51. The number of nitrogens with zero attached hydrogens (tertiary/aromatic N) is 3. The van der Waals surface area contributed by atoms with Crippen LogP contribution in [0.5, 0.6) is 0 Å². The van der Waals surface area contributed by atoms with Crippen molar-refractivity contribution in [1.29, 1.82) is 0 Å². The Labute approximate surface area is 203 Å². The number of ether oxygens (including phenoxy) is 1. The van der Waals surface area contributed by atoms with Crippen LogP contribution >= 0.6 is 0 Å². The van der Waals surface area contributed by atoms with Crippen molar-refractivity contribution in [2.24, 2.45) is 5.92 Å². The predicted octanol–water partition coefficient (Wildman–Crippen LogP) is 4.71. The van der Waals surface area contributed by atoms with E-state index in [4.69, 9.17) is 9.26 Å². The van der Waals surface area contributed by atoms with E-state index in [1.165, 1.54) is 31.2 Å². The van der Waals surface area contributed by atoms with Crippen molar-refractivity contribution >= 4 is 5.91 Å². The van der Waals surface area contributed by atoms with Crippen LogP contribution in [0.1, 0.15) is 77.2 Å². The summed E-state index contributed by atoms with van der Waals surface area (Å²) >= 11 is 0. The Bertz CT molecular complexity index is 905. The fraction of sp³-hybridized carbons (Fsp3) is 0.667. The van der Waals surface area contributed by atoms with Gasteiger partial charge in [-0.15, -0.1) is 0 Å². The van der Waals surface area contributed by atoms with E-state index in [0.717, 1.165) is 44.5 Å². The van der Waals surface area contributed by atoms with Crippen LogP contribution in [0.2, 0.25) is 0 Å². The number of hydrogen-bond donors (Lipinski definition) is 1. The molecule has 1 saturated heterocycles. The van der Waals surface area contributed by atoms with Crippen molar-refractivity contribution in [3.05, 3.63) is 35.7 Å². The van der Waals surface area contributed by atoms with Crippen molar-refractivity contribution in [3.8, 4) is 11.4 Å². The normalized spacial score (nSPS) is 18.4. The molecular weight excluding hydrogens is 428 g/mol. The first kappa shape index (κ1) is 24.9. The molecule has 1 aliphatic carbocycles. The summed E-state index contributed by atoms with van der Waals surface area (Å²) in [6.45, 7) is 10.4. The zero-order valence-electron chi connectivity index (χ0n) is 21.0. The van der Waals surface area contributed by atoms with Gasteiger partial charge in [-0.25, -0.2) is 0 Å². The number of carbonyl (C=O) groups excluding carboxylic acids is 1. The summed E-state index contributed by atoms with van der Waals surface area (Å²) in [5, 5.41) is 7.27. The van der Waals surface area contributed by atoms with E-state index in [1.54, 1.807) is 0 Å². The molecular formula is C27H40N4O3. The lowest BCUT2D eigenvalue weighted by atomic mass is 9.87. The van der Waals surface area contributed by atoms with Crippen molar-refractivity contribution in [1.82, 2.24) is 20.4 Å². The van der Waals surface area contributed by atoms with Gasteiger partial charge < -0.3 is 14.6 Å². The molecule has 0 spiro atoms. The van der Waals surface area contributed by atoms with Crippen molar-refractivity contribution in [2.45, 2.75) is 83.8 Å². The zero-order chi connectivity index (χ0) is 24.0. The number of piperidine rings is 1. The lowest BCUT2D eigenvalue weighted by Gasteiger charge is -2.30. The lowest BCUT2D eigenvalue weighted by molar-refractivity contribution is -0.126. The number of aromatic nitrogens is 2. The van der Waals surface area contributed by atoms with Gasteiger partial charge >= 0.3 is 0 Å². The van der Waals surface area contributed by atoms with Crippen LogP contribution in [0.25, 0.3) is 11.4 Å². The van der Waals surface area contributed by atoms with Crippen molar-refractivity contribution in [3.63, 3.8) is 0 Å². The second-order valence-corrected chi connectivity index (χ2v) is 10.8. The number of rotatable bonds is 9. The molecule has 4 rings (SSSR count). The summed E-state index contributed by atoms with van der Waals surface area (Å²) in [5.74, 6) is 1.52. The molecule has 7 nitrogen and oxygen atoms in total. The Morgan fingerprint density at radius 2 is 1.82 bits per heavy atom. The fourth-order valence-electron chi connectivity index (χ4n) is 4.83. The van der Waals surface area contributed by atoms with Crippen LogP contribution in [0.4, 0.5) is 0 Å². The van der Waals surface area contributed by atoms with Crippen molar-refractivity contribution in [2.75, 3.05) is 26.2 Å². The number of nitrogens with one attached hydrogen (secondary N) is 1. The van der Waals surface area contributed by atoms with Crippen molar-refractivity contribution < 1.29 is 14.1 Å². The minimum absolute atomic E-state index is 0.0894. The maximum atomic E-state index is 12.5. The van der Waals surface area contributed by atoms with Gasteiger partial charge in [0.1, 0.15) is 0 Å². The molecule has 34 heavy (non-hydrogen) atoms. The van der Waals surface area contributed by atoms with Crippen LogP contribution in [0.3, 0.4) is 0 Å². The molecule has 186 valence electrons. The second kappa shape index (κ2) is 11.5. The Morgan fingerprint density at radius 3 is 2.50 bits per heavy atom. The molecule has 0 radical (unpaired) electrons. The summed E-state index contributed by atoms with van der Waals surface area (Å²) in [5.41, 5.74) is 2.37. The molecule has 0 atom stereocenters. The highest BCUT2D eigenvalue weighted by Gasteiger charge is 2.26. The topological polar surface area (TPSA) is 80.5 Å². The molecule has 1 aliphatic heterocycles. The predicted molar refractivity (Wildman–Crippen MR) is 132 cm³/mol. The van der Waals surface area contributed by atoms with Crippen LogP contribution in [0.15, 0.2) is 28.8 Å². The number of likely N-dealkylation sites (tertiary alicyclic amines) is 1. The molecule has 2 aliphatic rings. The number of amides is 1. The van der Waals surface area contributed by atoms with Crippen LogP contribution in [-0.4, -0.2) is 53.3 Å². The minimum atomic E-state index is 0.0894. The Morgan fingerprint density at radius 1 is 1.12 bits per heavy atom. The maximum absolute atomic E-state index is 12.5. The average molecular weight is 469 g/mol. The third kappa shape index (κ3) is 6.89. The molecule has 1 saturated carbocycles. The second-order valence-electron chi connectivity index (χ2n) is 10.8. The number of carbonyl (C=O) groups is 1. The first-order valence-electron chi connectivity index (χ1n) is 12.9. The molecule has 0 unspecified atom stereocenters. The summed E-state index contributed by atoms with van der Waals surface area (Å²) in [6, 6.07) is 8.37. The van der Waals surface area contributed by atoms with Gasteiger partial charge in [-0.2, -0.15) is 4.98 Å². The van der Waals surface area contributed by atoms with Gasteiger partial charge in [0.15, 0.2) is 0 Å². The SMILES string of the molecule is CC(C)(C)c1ccc(-c2noc(CN3CCC(C(=O)NCCCOC4CCCC4)CC3)n2)cc1. The summed E-state index contributed by atoms with van der Waals surface area (Å²) < 4.78 is 11.4. The smallest absolute Gasteiger partial charge is 0.241 e. The monoisotopic (exact) mass is 468 g/mol. The zero-order valence-corrected chi connectivity index (χ0v) is 21.0. The Hall–Kier alpha value is -2.25. The third-order valence-corrected chi connectivity index (χ3v) is 7.07. The standard InChI is InChI=1S/C27H40N4O3/c1-27(2,3)22-11-9-20(10-12-22)25-29-24(34-30-25)19-31-16-13-21(14-17-31)26(32)28-15-6-18-33-23-7-4-5-8-23/h9-12,21,23H,4-8,13-19H2,1-3H3,(H,28,32). The van der Waals surface area contributed by atoms with Gasteiger partial charge in [-0.1, -0.05) is 63.0 Å². The van der Waals surface area contributed by atoms with E-state index < -0.39 is 0 Å². The van der Waals surface area contributed by atoms with E-state index in [-0.39, 0.29) is 17.2 Å².